The highest BCUT2D eigenvalue weighted by atomic mass is 15.4. The molecule has 2 heteroatoms. The monoisotopic (exact) mass is 488 g/mol. The molecule has 2 aromatic rings. The molecule has 1 heterocycles. The molecule has 1 unspecified atom stereocenters. The van der Waals surface area contributed by atoms with E-state index in [9.17, 15) is 0 Å². The lowest BCUT2D eigenvalue weighted by atomic mass is 10.0. The number of nitrogens with zero attached hydrogens (tertiary/aromatic N) is 2. The second-order valence-electron chi connectivity index (χ2n) is 10.7. The summed E-state index contributed by atoms with van der Waals surface area (Å²) in [6.07, 6.45) is 29.0. The summed E-state index contributed by atoms with van der Waals surface area (Å²) in [6.45, 7) is 3.42. The Morgan fingerprint density at radius 1 is 0.500 bits per heavy atom. The topological polar surface area (TPSA) is 6.48 Å². The largest absolute Gasteiger partial charge is 0.352 e. The van der Waals surface area contributed by atoms with Crippen LogP contribution in [0.4, 0.5) is 5.69 Å². The van der Waals surface area contributed by atoms with Crippen LogP contribution >= 0.6 is 0 Å². The lowest BCUT2D eigenvalue weighted by molar-refractivity contribution is 0.297. The van der Waals surface area contributed by atoms with Crippen molar-refractivity contribution in [3.05, 3.63) is 78.6 Å². The Kier molecular flexibility index (Phi) is 14.2. The molecule has 0 saturated heterocycles. The molecule has 0 N–H and O–H groups in total. The van der Waals surface area contributed by atoms with Crippen LogP contribution in [0.5, 0.6) is 0 Å². The summed E-state index contributed by atoms with van der Waals surface area (Å²) in [6, 6.07) is 21.7. The Bertz CT molecular complexity index is 800. The number of para-hydroxylation sites is 1. The van der Waals surface area contributed by atoms with Gasteiger partial charge in [-0.2, -0.15) is 0 Å². The first-order valence-corrected chi connectivity index (χ1v) is 15.2. The van der Waals surface area contributed by atoms with Crippen LogP contribution in [-0.2, 0) is 0 Å². The molecular weight excluding hydrogens is 436 g/mol. The molecule has 0 aromatic heterocycles. The van der Waals surface area contributed by atoms with Crippen molar-refractivity contribution in [2.45, 2.75) is 122 Å². The predicted octanol–water partition coefficient (Wildman–Crippen LogP) is 10.6. The average Bonchev–Trinajstić information content (AvgIpc) is 3.35. The van der Waals surface area contributed by atoms with Crippen molar-refractivity contribution in [1.29, 1.82) is 0 Å². The molecule has 0 fully saturated rings. The smallest absolute Gasteiger partial charge is 0.132 e. The van der Waals surface area contributed by atoms with Crippen LogP contribution in [0, 0.1) is 0 Å². The molecule has 2 nitrogen and oxygen atoms in total. The van der Waals surface area contributed by atoms with Gasteiger partial charge in [0.15, 0.2) is 0 Å². The van der Waals surface area contributed by atoms with E-state index in [0.29, 0.717) is 0 Å². The van der Waals surface area contributed by atoms with Crippen molar-refractivity contribution >= 4 is 5.69 Å². The van der Waals surface area contributed by atoms with Crippen LogP contribution in [0.1, 0.15) is 128 Å². The maximum Gasteiger partial charge on any atom is 0.132 e. The fourth-order valence-electron chi connectivity index (χ4n) is 5.50. The fourth-order valence-corrected chi connectivity index (χ4v) is 5.50. The zero-order valence-electron chi connectivity index (χ0n) is 23.1. The quantitative estimate of drug-likeness (QED) is 0.171. The van der Waals surface area contributed by atoms with E-state index in [-0.39, 0.29) is 6.17 Å². The van der Waals surface area contributed by atoms with Gasteiger partial charge in [-0.1, -0.05) is 158 Å². The Morgan fingerprint density at radius 3 is 1.44 bits per heavy atom. The van der Waals surface area contributed by atoms with Crippen LogP contribution in [-0.4, -0.2) is 11.4 Å². The van der Waals surface area contributed by atoms with E-state index in [4.69, 9.17) is 0 Å². The highest BCUT2D eigenvalue weighted by molar-refractivity contribution is 5.53. The van der Waals surface area contributed by atoms with Gasteiger partial charge in [0.25, 0.3) is 0 Å². The van der Waals surface area contributed by atoms with Gasteiger partial charge in [-0.15, -0.1) is 0 Å². The van der Waals surface area contributed by atoms with E-state index in [1.807, 2.05) is 0 Å². The standard InChI is InChI=1S/C34H52N2/c1-2-3-4-5-6-7-8-9-10-11-12-13-14-15-16-17-24-29-35-30-31-36(33-27-22-19-23-28-33)34(35)32-25-20-18-21-26-32/h18-23,25-28,30-31,34H,2-17,24,29H2,1H3. The van der Waals surface area contributed by atoms with Gasteiger partial charge in [0.1, 0.15) is 6.17 Å². The zero-order valence-corrected chi connectivity index (χ0v) is 23.1. The number of hydrogen-bond acceptors (Lipinski definition) is 2. The molecule has 0 amide bonds. The molecule has 1 aliphatic heterocycles. The van der Waals surface area contributed by atoms with Gasteiger partial charge >= 0.3 is 0 Å². The normalized spacial score (nSPS) is 15.2. The molecule has 0 saturated carbocycles. The summed E-state index contributed by atoms with van der Waals surface area (Å²) in [4.78, 5) is 4.93. The first-order valence-electron chi connectivity index (χ1n) is 15.2. The van der Waals surface area contributed by atoms with E-state index in [1.54, 1.807) is 0 Å². The molecule has 0 bridgehead atoms. The van der Waals surface area contributed by atoms with Crippen molar-refractivity contribution in [1.82, 2.24) is 4.90 Å². The summed E-state index contributed by atoms with van der Waals surface area (Å²) in [5.41, 5.74) is 2.62. The first-order chi connectivity index (χ1) is 17.9. The molecule has 2 aromatic carbocycles. The number of hydrogen-bond donors (Lipinski definition) is 0. The van der Waals surface area contributed by atoms with Gasteiger partial charge in [-0.25, -0.2) is 0 Å². The van der Waals surface area contributed by atoms with E-state index >= 15 is 0 Å². The SMILES string of the molecule is CCCCCCCCCCCCCCCCCCCN1C=CN(c2ccccc2)C1c1ccccc1. The van der Waals surface area contributed by atoms with Gasteiger partial charge < -0.3 is 9.80 Å². The molecule has 1 atom stereocenters. The third kappa shape index (κ3) is 10.4. The van der Waals surface area contributed by atoms with Crippen molar-refractivity contribution in [2.75, 3.05) is 11.4 Å². The van der Waals surface area contributed by atoms with Gasteiger partial charge in [-0.05, 0) is 24.1 Å². The number of unbranched alkanes of at least 4 members (excludes halogenated alkanes) is 16. The minimum atomic E-state index is 0.259. The van der Waals surface area contributed by atoms with Crippen molar-refractivity contribution in [3.63, 3.8) is 0 Å². The predicted molar refractivity (Wildman–Crippen MR) is 158 cm³/mol. The molecule has 3 rings (SSSR count). The zero-order chi connectivity index (χ0) is 25.1. The van der Waals surface area contributed by atoms with E-state index in [1.165, 1.54) is 120 Å². The molecular formula is C34H52N2. The van der Waals surface area contributed by atoms with Crippen molar-refractivity contribution in [2.24, 2.45) is 0 Å². The fraction of sp³-hybridized carbons (Fsp3) is 0.588. The molecule has 0 aliphatic carbocycles. The average molecular weight is 489 g/mol. The summed E-state index contributed by atoms with van der Waals surface area (Å²) >= 11 is 0. The number of rotatable bonds is 20. The van der Waals surface area contributed by atoms with E-state index < -0.39 is 0 Å². The Balaban J connectivity index is 1.22. The van der Waals surface area contributed by atoms with E-state index in [2.05, 4.69) is 89.8 Å². The maximum absolute atomic E-state index is 2.52. The highest BCUT2D eigenvalue weighted by Gasteiger charge is 2.28. The second kappa shape index (κ2) is 18.1. The van der Waals surface area contributed by atoms with Gasteiger partial charge in [0, 0.05) is 24.6 Å². The molecule has 0 spiro atoms. The third-order valence-electron chi connectivity index (χ3n) is 7.67. The Labute approximate surface area is 222 Å². The molecule has 1 aliphatic rings. The third-order valence-corrected chi connectivity index (χ3v) is 7.67. The molecule has 36 heavy (non-hydrogen) atoms. The van der Waals surface area contributed by atoms with Gasteiger partial charge in [-0.3, -0.25) is 0 Å². The molecule has 198 valence electrons. The summed E-state index contributed by atoms with van der Waals surface area (Å²) in [7, 11) is 0. The summed E-state index contributed by atoms with van der Waals surface area (Å²) in [5.74, 6) is 0. The highest BCUT2D eigenvalue weighted by Crippen LogP contribution is 2.35. The first kappa shape index (κ1) is 28.4. The molecule has 0 radical (unpaired) electrons. The van der Waals surface area contributed by atoms with E-state index in [0.717, 1.165) is 6.54 Å². The lowest BCUT2D eigenvalue weighted by Gasteiger charge is -2.33. The number of anilines is 1. The van der Waals surface area contributed by atoms with Crippen molar-refractivity contribution < 1.29 is 0 Å². The summed E-state index contributed by atoms with van der Waals surface area (Å²) in [5, 5.41) is 0. The van der Waals surface area contributed by atoms with Gasteiger partial charge in [0.05, 0.1) is 0 Å². The van der Waals surface area contributed by atoms with Gasteiger partial charge in [0.2, 0.25) is 0 Å². The minimum absolute atomic E-state index is 0.259. The lowest BCUT2D eigenvalue weighted by Crippen LogP contribution is -2.31. The maximum atomic E-state index is 2.52. The van der Waals surface area contributed by atoms with Crippen LogP contribution in [0.25, 0.3) is 0 Å². The minimum Gasteiger partial charge on any atom is -0.352 e. The van der Waals surface area contributed by atoms with Crippen LogP contribution < -0.4 is 4.90 Å². The Morgan fingerprint density at radius 2 is 0.944 bits per heavy atom. The van der Waals surface area contributed by atoms with Crippen LogP contribution in [0.15, 0.2) is 73.1 Å². The number of benzene rings is 2. The summed E-state index contributed by atoms with van der Waals surface area (Å²) < 4.78 is 0. The van der Waals surface area contributed by atoms with Crippen LogP contribution in [0.3, 0.4) is 0 Å². The van der Waals surface area contributed by atoms with Crippen LogP contribution in [0.2, 0.25) is 0 Å². The Hall–Kier alpha value is -2.22. The van der Waals surface area contributed by atoms with Crippen molar-refractivity contribution in [3.8, 4) is 0 Å². The second-order valence-corrected chi connectivity index (χ2v) is 10.7.